The maximum atomic E-state index is 11.1. The molecule has 0 spiro atoms. The predicted octanol–water partition coefficient (Wildman–Crippen LogP) is 3.15. The molecule has 1 aromatic carbocycles. The Hall–Kier alpha value is -0.260. The van der Waals surface area contributed by atoms with Gasteiger partial charge in [-0.25, -0.2) is 0 Å². The highest BCUT2D eigenvalue weighted by molar-refractivity contribution is 7.80. The van der Waals surface area contributed by atoms with Gasteiger partial charge >= 0.3 is 0 Å². The van der Waals surface area contributed by atoms with Gasteiger partial charge in [-0.1, -0.05) is 31.2 Å². The molecule has 0 saturated carbocycles. The van der Waals surface area contributed by atoms with Gasteiger partial charge in [0.2, 0.25) is 0 Å². The van der Waals surface area contributed by atoms with Crippen LogP contribution in [-0.2, 0) is 17.4 Å². The molecule has 0 radical (unpaired) electrons. The smallest absolute Gasteiger partial charge is 0.186 e. The molecule has 0 fully saturated rings. The van der Waals surface area contributed by atoms with Crippen molar-refractivity contribution in [1.29, 1.82) is 0 Å². The van der Waals surface area contributed by atoms with Crippen molar-refractivity contribution >= 4 is 23.7 Å². The second-order valence-corrected chi connectivity index (χ2v) is 5.17. The molecule has 0 aliphatic rings. The van der Waals surface area contributed by atoms with Crippen molar-refractivity contribution < 1.29 is 4.57 Å². The van der Waals surface area contributed by atoms with E-state index in [2.05, 4.69) is 19.9 Å². The third kappa shape index (κ3) is 2.86. The fourth-order valence-corrected chi connectivity index (χ4v) is 2.21. The average molecular weight is 217 g/mol. The molecule has 72 valence electrons. The Kier molecular flexibility index (Phi) is 4.02. The van der Waals surface area contributed by atoms with Gasteiger partial charge in [-0.3, -0.25) is 0 Å². The summed E-state index contributed by atoms with van der Waals surface area (Å²) in [4.78, 5) is 0. The van der Waals surface area contributed by atoms with Gasteiger partial charge in [0.1, 0.15) is 0 Å². The molecule has 0 aliphatic carbocycles. The van der Waals surface area contributed by atoms with Gasteiger partial charge in [-0.15, -0.1) is 0 Å². The largest absolute Gasteiger partial charge is 0.305 e. The van der Waals surface area contributed by atoms with E-state index in [4.69, 9.17) is 11.2 Å². The summed E-state index contributed by atoms with van der Waals surface area (Å²) in [7, 11) is -2.05. The van der Waals surface area contributed by atoms with Crippen LogP contribution in [-0.4, -0.2) is 0 Å². The van der Waals surface area contributed by atoms with E-state index in [0.29, 0.717) is 0 Å². The predicted molar refractivity (Wildman–Crippen MR) is 59.7 cm³/mol. The summed E-state index contributed by atoms with van der Waals surface area (Å²) in [5.41, 5.74) is 2.43. The van der Waals surface area contributed by atoms with Crippen LogP contribution in [0.4, 0.5) is 0 Å². The van der Waals surface area contributed by atoms with E-state index >= 15 is 0 Å². The van der Waals surface area contributed by atoms with Crippen LogP contribution in [0.3, 0.4) is 0 Å². The molecule has 1 rings (SSSR count). The minimum absolute atomic E-state index is 0.794. The molecule has 1 aromatic rings. The van der Waals surface area contributed by atoms with Gasteiger partial charge in [0.25, 0.3) is 0 Å². The summed E-state index contributed by atoms with van der Waals surface area (Å²) in [6.45, 7) is 4.17. The molecule has 1 unspecified atom stereocenters. The van der Waals surface area contributed by atoms with E-state index in [1.807, 2.05) is 12.1 Å². The first-order valence-electron chi connectivity index (χ1n) is 4.50. The van der Waals surface area contributed by atoms with E-state index in [-0.39, 0.29) is 0 Å². The van der Waals surface area contributed by atoms with Gasteiger partial charge in [0.05, 0.1) is 0 Å². The van der Waals surface area contributed by atoms with Crippen molar-refractivity contribution in [3.63, 3.8) is 0 Å². The maximum absolute atomic E-state index is 11.1. The van der Waals surface area contributed by atoms with Gasteiger partial charge in [0, 0.05) is 5.30 Å². The molecule has 0 amide bonds. The molecule has 0 N–H and O–H groups in total. The monoisotopic (exact) mass is 216 g/mol. The Bertz CT molecular complexity index is 300. The van der Waals surface area contributed by atoms with Gasteiger partial charge in [0.15, 0.2) is 7.15 Å². The zero-order valence-electron chi connectivity index (χ0n) is 7.93. The third-order valence-corrected chi connectivity index (χ3v) is 3.49. The third-order valence-electron chi connectivity index (χ3n) is 2.10. The first-order chi connectivity index (χ1) is 6.17. The van der Waals surface area contributed by atoms with Crippen LogP contribution < -0.4 is 5.30 Å². The summed E-state index contributed by atoms with van der Waals surface area (Å²) in [5.74, 6) is 0. The number of halogens is 1. The second-order valence-electron chi connectivity index (χ2n) is 3.02. The summed E-state index contributed by atoms with van der Waals surface area (Å²) in [6.07, 6.45) is 1.93. The van der Waals surface area contributed by atoms with E-state index in [1.54, 1.807) is 0 Å². The van der Waals surface area contributed by atoms with Crippen molar-refractivity contribution in [3.05, 3.63) is 29.3 Å². The lowest BCUT2D eigenvalue weighted by atomic mass is 10.1. The fourth-order valence-electron chi connectivity index (χ4n) is 1.28. The summed E-state index contributed by atoms with van der Waals surface area (Å²) in [6, 6.07) is 6.02. The number of hydrogen-bond donors (Lipinski definition) is 0. The van der Waals surface area contributed by atoms with E-state index < -0.39 is 7.15 Å². The minimum atomic E-state index is -2.05. The van der Waals surface area contributed by atoms with E-state index in [9.17, 15) is 4.57 Å². The Morgan fingerprint density at radius 3 is 1.92 bits per heavy atom. The van der Waals surface area contributed by atoms with Crippen LogP contribution in [0, 0.1) is 0 Å². The molecule has 0 aliphatic heterocycles. The first kappa shape index (κ1) is 10.8. The zero-order chi connectivity index (χ0) is 9.84. The first-order valence-corrected chi connectivity index (χ1v) is 6.92. The Morgan fingerprint density at radius 1 is 1.15 bits per heavy atom. The van der Waals surface area contributed by atoms with Crippen molar-refractivity contribution in [1.82, 2.24) is 0 Å². The maximum Gasteiger partial charge on any atom is 0.186 e. The molecule has 13 heavy (non-hydrogen) atoms. The lowest BCUT2D eigenvalue weighted by Crippen LogP contribution is -1.99. The molecule has 0 aromatic heterocycles. The normalized spacial score (nSPS) is 12.8. The molecule has 0 heterocycles. The Labute approximate surface area is 84.7 Å². The van der Waals surface area contributed by atoms with Gasteiger partial charge < -0.3 is 4.57 Å². The van der Waals surface area contributed by atoms with Crippen LogP contribution in [0.1, 0.15) is 25.0 Å². The highest BCUT2D eigenvalue weighted by Crippen LogP contribution is 2.26. The van der Waals surface area contributed by atoms with Crippen LogP contribution in [0.25, 0.3) is 0 Å². The van der Waals surface area contributed by atoms with Crippen molar-refractivity contribution in [3.8, 4) is 0 Å². The topological polar surface area (TPSA) is 17.1 Å². The summed E-state index contributed by atoms with van der Waals surface area (Å²) < 4.78 is 11.1. The van der Waals surface area contributed by atoms with Crippen molar-refractivity contribution in [2.75, 3.05) is 0 Å². The van der Waals surface area contributed by atoms with Gasteiger partial charge in [-0.2, -0.15) is 0 Å². The second kappa shape index (κ2) is 4.83. The summed E-state index contributed by atoms with van der Waals surface area (Å²) in [5, 5.41) is 0.794. The number of aryl methyl sites for hydroxylation is 2. The lowest BCUT2D eigenvalue weighted by Gasteiger charge is -2.04. The molecular formula is C10H14ClOP. The van der Waals surface area contributed by atoms with Crippen LogP contribution in [0.2, 0.25) is 0 Å². The standard InChI is InChI=1S/C10H14ClOP/c1-3-8-5-9(4-2)7-10(6-8)13(11)12/h5-7,13H,3-4H2,1-2H3. The molecule has 0 bridgehead atoms. The molecule has 3 heteroatoms. The lowest BCUT2D eigenvalue weighted by molar-refractivity contribution is 0.600. The van der Waals surface area contributed by atoms with Crippen LogP contribution in [0.15, 0.2) is 18.2 Å². The molecule has 1 atom stereocenters. The van der Waals surface area contributed by atoms with Crippen molar-refractivity contribution in [2.24, 2.45) is 0 Å². The zero-order valence-corrected chi connectivity index (χ0v) is 9.69. The van der Waals surface area contributed by atoms with E-state index in [1.165, 1.54) is 11.1 Å². The average Bonchev–Trinajstić information content (AvgIpc) is 2.16. The quantitative estimate of drug-likeness (QED) is 0.710. The summed E-state index contributed by atoms with van der Waals surface area (Å²) >= 11 is 5.61. The van der Waals surface area contributed by atoms with Crippen LogP contribution >= 0.6 is 18.4 Å². The number of hydrogen-bond acceptors (Lipinski definition) is 1. The number of rotatable bonds is 3. The molecule has 1 nitrogen and oxygen atoms in total. The molecule has 0 saturated heterocycles. The van der Waals surface area contributed by atoms with Gasteiger partial charge in [-0.05, 0) is 36.1 Å². The highest BCUT2D eigenvalue weighted by atomic mass is 35.7. The van der Waals surface area contributed by atoms with E-state index in [0.717, 1.165) is 18.1 Å². The molecular weight excluding hydrogens is 203 g/mol. The number of benzene rings is 1. The fraction of sp³-hybridized carbons (Fsp3) is 0.400. The van der Waals surface area contributed by atoms with Crippen molar-refractivity contribution in [2.45, 2.75) is 26.7 Å². The van der Waals surface area contributed by atoms with Crippen LogP contribution in [0.5, 0.6) is 0 Å². The SMILES string of the molecule is CCc1cc(CC)cc([PH](=O)Cl)c1. The Morgan fingerprint density at radius 2 is 1.62 bits per heavy atom. The minimum Gasteiger partial charge on any atom is -0.305 e. The Balaban J connectivity index is 3.14. The highest BCUT2D eigenvalue weighted by Gasteiger charge is 2.02.